The molecular weight excluding hydrogens is 424 g/mol. The molecule has 3 rings (SSSR count). The van der Waals surface area contributed by atoms with Gasteiger partial charge in [-0.2, -0.15) is 9.41 Å². The lowest BCUT2D eigenvalue weighted by atomic mass is 10.2. The number of non-ortho nitro benzene ring substituents is 1. The largest absolute Gasteiger partial charge is 0.490 e. The van der Waals surface area contributed by atoms with E-state index in [9.17, 15) is 18.5 Å². The van der Waals surface area contributed by atoms with Crippen molar-refractivity contribution in [3.05, 3.63) is 58.1 Å². The SMILES string of the molecule is CC(C)Oc1ccccc1/C=N\Nc1ccc([N+](=O)[O-])cc1S(=O)(=O)N1CCOCC1. The number of hydrogen-bond acceptors (Lipinski definition) is 8. The molecule has 1 saturated heterocycles. The molecule has 31 heavy (non-hydrogen) atoms. The number of morpholine rings is 1. The van der Waals surface area contributed by atoms with E-state index >= 15 is 0 Å². The number of nitro groups is 1. The maximum absolute atomic E-state index is 13.1. The zero-order valence-electron chi connectivity index (χ0n) is 17.2. The number of para-hydroxylation sites is 1. The van der Waals surface area contributed by atoms with Crippen LogP contribution in [0.15, 0.2) is 52.5 Å². The first-order chi connectivity index (χ1) is 14.8. The summed E-state index contributed by atoms with van der Waals surface area (Å²) >= 11 is 0. The van der Waals surface area contributed by atoms with Gasteiger partial charge in [0.05, 0.1) is 36.1 Å². The highest BCUT2D eigenvalue weighted by molar-refractivity contribution is 7.89. The Labute approximate surface area is 180 Å². The Bertz CT molecular complexity index is 1070. The van der Waals surface area contributed by atoms with Gasteiger partial charge in [-0.15, -0.1) is 0 Å². The molecule has 2 aromatic rings. The summed E-state index contributed by atoms with van der Waals surface area (Å²) in [5.74, 6) is 0.632. The zero-order chi connectivity index (χ0) is 22.4. The third-order valence-corrected chi connectivity index (χ3v) is 6.37. The van der Waals surface area contributed by atoms with Gasteiger partial charge in [0.15, 0.2) is 0 Å². The highest BCUT2D eigenvalue weighted by Crippen LogP contribution is 2.29. The molecule has 0 atom stereocenters. The van der Waals surface area contributed by atoms with Crippen LogP contribution in [0.4, 0.5) is 11.4 Å². The molecule has 0 bridgehead atoms. The van der Waals surface area contributed by atoms with Gasteiger partial charge in [-0.3, -0.25) is 15.5 Å². The molecule has 0 unspecified atom stereocenters. The minimum absolute atomic E-state index is 0.0255. The van der Waals surface area contributed by atoms with Gasteiger partial charge < -0.3 is 9.47 Å². The number of ether oxygens (including phenoxy) is 2. The first-order valence-electron chi connectivity index (χ1n) is 9.70. The van der Waals surface area contributed by atoms with Crippen LogP contribution in [0, 0.1) is 10.1 Å². The molecule has 0 radical (unpaired) electrons. The predicted octanol–water partition coefficient (Wildman–Crippen LogP) is 2.85. The Morgan fingerprint density at radius 3 is 2.61 bits per heavy atom. The third kappa shape index (κ3) is 5.57. The van der Waals surface area contributed by atoms with E-state index in [1.165, 1.54) is 22.7 Å². The van der Waals surface area contributed by atoms with E-state index in [0.29, 0.717) is 11.3 Å². The molecule has 1 heterocycles. The molecule has 2 aromatic carbocycles. The standard InChI is InChI=1S/C20H24N4O6S/c1-15(2)30-19-6-4-3-5-16(19)14-21-22-18-8-7-17(24(25)26)13-20(18)31(27,28)23-9-11-29-12-10-23/h3-8,13-15,22H,9-12H2,1-2H3/b21-14-. The van der Waals surface area contributed by atoms with E-state index in [-0.39, 0.29) is 48.7 Å². The maximum atomic E-state index is 13.1. The van der Waals surface area contributed by atoms with E-state index in [1.54, 1.807) is 0 Å². The lowest BCUT2D eigenvalue weighted by Crippen LogP contribution is -2.40. The number of benzene rings is 2. The highest BCUT2D eigenvalue weighted by Gasteiger charge is 2.30. The van der Waals surface area contributed by atoms with E-state index < -0.39 is 14.9 Å². The quantitative estimate of drug-likeness (QED) is 0.374. The van der Waals surface area contributed by atoms with Crippen LogP contribution in [0.2, 0.25) is 0 Å². The van der Waals surface area contributed by atoms with Crippen molar-refractivity contribution in [2.24, 2.45) is 5.10 Å². The molecule has 0 aliphatic carbocycles. The number of anilines is 1. The van der Waals surface area contributed by atoms with Crippen molar-refractivity contribution in [3.8, 4) is 5.75 Å². The summed E-state index contributed by atoms with van der Waals surface area (Å²) in [6.45, 7) is 4.70. The van der Waals surface area contributed by atoms with E-state index in [4.69, 9.17) is 9.47 Å². The number of rotatable bonds is 8. The van der Waals surface area contributed by atoms with Crippen molar-refractivity contribution in [2.75, 3.05) is 31.7 Å². The van der Waals surface area contributed by atoms with Crippen LogP contribution < -0.4 is 10.2 Å². The van der Waals surface area contributed by atoms with Crippen LogP contribution in [0.3, 0.4) is 0 Å². The second kappa shape index (κ2) is 9.86. The Balaban J connectivity index is 1.91. The van der Waals surface area contributed by atoms with Crippen LogP contribution in [0.25, 0.3) is 0 Å². The fourth-order valence-electron chi connectivity index (χ4n) is 2.98. The Morgan fingerprint density at radius 1 is 1.23 bits per heavy atom. The molecule has 1 fully saturated rings. The molecule has 10 nitrogen and oxygen atoms in total. The fraction of sp³-hybridized carbons (Fsp3) is 0.350. The second-order valence-corrected chi connectivity index (χ2v) is 8.93. The third-order valence-electron chi connectivity index (χ3n) is 4.43. The summed E-state index contributed by atoms with van der Waals surface area (Å²) in [5.41, 5.74) is 3.22. The summed E-state index contributed by atoms with van der Waals surface area (Å²) in [6.07, 6.45) is 1.48. The zero-order valence-corrected chi connectivity index (χ0v) is 18.0. The number of nitrogens with zero attached hydrogens (tertiary/aromatic N) is 3. The summed E-state index contributed by atoms with van der Waals surface area (Å²) in [6, 6.07) is 10.9. The van der Waals surface area contributed by atoms with E-state index in [1.807, 2.05) is 38.1 Å². The maximum Gasteiger partial charge on any atom is 0.270 e. The van der Waals surface area contributed by atoms with Crippen molar-refractivity contribution in [3.63, 3.8) is 0 Å². The smallest absolute Gasteiger partial charge is 0.270 e. The van der Waals surface area contributed by atoms with Gasteiger partial charge in [0.2, 0.25) is 10.0 Å². The number of hydrazone groups is 1. The second-order valence-electron chi connectivity index (χ2n) is 7.03. The van der Waals surface area contributed by atoms with Gasteiger partial charge in [0, 0.05) is 30.8 Å². The van der Waals surface area contributed by atoms with Crippen molar-refractivity contribution in [2.45, 2.75) is 24.8 Å². The Hall–Kier alpha value is -3.02. The fourth-order valence-corrected chi connectivity index (χ4v) is 4.55. The van der Waals surface area contributed by atoms with Gasteiger partial charge in [-0.1, -0.05) is 12.1 Å². The lowest BCUT2D eigenvalue weighted by molar-refractivity contribution is -0.385. The van der Waals surface area contributed by atoms with Crippen LogP contribution in [0.5, 0.6) is 5.75 Å². The molecule has 0 amide bonds. The molecule has 11 heteroatoms. The normalized spacial score (nSPS) is 15.3. The number of nitrogens with one attached hydrogen (secondary N) is 1. The number of sulfonamides is 1. The van der Waals surface area contributed by atoms with Gasteiger partial charge in [0.25, 0.3) is 5.69 Å². The number of hydrogen-bond donors (Lipinski definition) is 1. The Morgan fingerprint density at radius 2 is 1.94 bits per heavy atom. The van der Waals surface area contributed by atoms with Crippen molar-refractivity contribution in [1.29, 1.82) is 0 Å². The first-order valence-corrected chi connectivity index (χ1v) is 11.1. The van der Waals surface area contributed by atoms with Crippen LogP contribution >= 0.6 is 0 Å². The van der Waals surface area contributed by atoms with Gasteiger partial charge >= 0.3 is 0 Å². The molecule has 0 saturated carbocycles. The summed E-state index contributed by atoms with van der Waals surface area (Å²) < 4.78 is 38.5. The van der Waals surface area contributed by atoms with Crippen LogP contribution in [-0.2, 0) is 14.8 Å². The average molecular weight is 449 g/mol. The van der Waals surface area contributed by atoms with E-state index in [2.05, 4.69) is 10.5 Å². The van der Waals surface area contributed by atoms with Gasteiger partial charge in [0.1, 0.15) is 10.6 Å². The topological polar surface area (TPSA) is 123 Å². The summed E-state index contributed by atoms with van der Waals surface area (Å²) in [4.78, 5) is 10.4. The van der Waals surface area contributed by atoms with E-state index in [0.717, 1.165) is 6.07 Å². The number of nitro benzene ring substituents is 1. The van der Waals surface area contributed by atoms with Gasteiger partial charge in [-0.25, -0.2) is 8.42 Å². The molecule has 1 N–H and O–H groups in total. The van der Waals surface area contributed by atoms with Crippen LogP contribution in [-0.4, -0.2) is 56.3 Å². The monoisotopic (exact) mass is 448 g/mol. The highest BCUT2D eigenvalue weighted by atomic mass is 32.2. The predicted molar refractivity (Wildman–Crippen MR) is 116 cm³/mol. The molecular formula is C20H24N4O6S. The Kier molecular flexibility index (Phi) is 7.21. The minimum Gasteiger partial charge on any atom is -0.490 e. The summed E-state index contributed by atoms with van der Waals surface area (Å²) in [5, 5.41) is 15.3. The molecule has 1 aliphatic heterocycles. The molecule has 0 aromatic heterocycles. The molecule has 0 spiro atoms. The van der Waals surface area contributed by atoms with Crippen LogP contribution in [0.1, 0.15) is 19.4 Å². The molecule has 166 valence electrons. The average Bonchev–Trinajstić information content (AvgIpc) is 2.75. The van der Waals surface area contributed by atoms with Crippen molar-refractivity contribution < 1.29 is 22.8 Å². The first kappa shape index (κ1) is 22.7. The lowest BCUT2D eigenvalue weighted by Gasteiger charge is -2.26. The van der Waals surface area contributed by atoms with Crippen molar-refractivity contribution in [1.82, 2.24) is 4.31 Å². The molecule has 1 aliphatic rings. The summed E-state index contributed by atoms with van der Waals surface area (Å²) in [7, 11) is -3.98. The van der Waals surface area contributed by atoms with Crippen molar-refractivity contribution >= 4 is 27.6 Å². The van der Waals surface area contributed by atoms with Gasteiger partial charge in [-0.05, 0) is 32.0 Å². The minimum atomic E-state index is -3.98.